The molecule has 25 heavy (non-hydrogen) atoms. The van der Waals surface area contributed by atoms with Gasteiger partial charge in [-0.3, -0.25) is 10.1 Å². The SMILES string of the molecule is CC(OC(=O)c1ccccc1COc1ccccc1)C(=O)NC(N)=O. The van der Waals surface area contributed by atoms with Crippen molar-refractivity contribution in [2.75, 3.05) is 0 Å². The minimum atomic E-state index is -1.16. The number of primary amides is 1. The van der Waals surface area contributed by atoms with E-state index in [9.17, 15) is 14.4 Å². The van der Waals surface area contributed by atoms with Crippen LogP contribution in [0.5, 0.6) is 5.75 Å². The number of urea groups is 1. The van der Waals surface area contributed by atoms with Gasteiger partial charge in [0.05, 0.1) is 5.56 Å². The molecule has 2 aromatic carbocycles. The van der Waals surface area contributed by atoms with Gasteiger partial charge in [0.2, 0.25) is 0 Å². The summed E-state index contributed by atoms with van der Waals surface area (Å²) in [4.78, 5) is 34.6. The molecule has 0 aromatic heterocycles. The molecule has 0 aliphatic heterocycles. The maximum atomic E-state index is 12.3. The van der Waals surface area contributed by atoms with E-state index in [1.807, 2.05) is 23.5 Å². The van der Waals surface area contributed by atoms with Crippen LogP contribution in [-0.2, 0) is 16.1 Å². The second kappa shape index (κ2) is 8.49. The number of hydrogen-bond acceptors (Lipinski definition) is 5. The highest BCUT2D eigenvalue weighted by Crippen LogP contribution is 2.16. The van der Waals surface area contributed by atoms with E-state index in [-0.39, 0.29) is 12.2 Å². The van der Waals surface area contributed by atoms with Gasteiger partial charge < -0.3 is 15.2 Å². The normalized spacial score (nSPS) is 11.2. The number of rotatable bonds is 6. The molecule has 1 atom stereocenters. The second-order valence-electron chi connectivity index (χ2n) is 5.16. The van der Waals surface area contributed by atoms with Crippen LogP contribution in [0.1, 0.15) is 22.8 Å². The summed E-state index contributed by atoms with van der Waals surface area (Å²) in [6, 6.07) is 14.9. The van der Waals surface area contributed by atoms with Crippen molar-refractivity contribution in [1.82, 2.24) is 5.32 Å². The van der Waals surface area contributed by atoms with Gasteiger partial charge in [0.1, 0.15) is 12.4 Å². The van der Waals surface area contributed by atoms with Crippen LogP contribution >= 0.6 is 0 Å². The monoisotopic (exact) mass is 342 g/mol. The molecule has 0 fully saturated rings. The van der Waals surface area contributed by atoms with E-state index in [1.54, 1.807) is 36.4 Å². The van der Waals surface area contributed by atoms with Gasteiger partial charge in [-0.25, -0.2) is 9.59 Å². The third kappa shape index (κ3) is 5.35. The molecular formula is C18H18N2O5. The fourth-order valence-corrected chi connectivity index (χ4v) is 2.02. The molecule has 0 aliphatic carbocycles. The molecule has 3 amide bonds. The van der Waals surface area contributed by atoms with Crippen molar-refractivity contribution in [2.45, 2.75) is 19.6 Å². The predicted molar refractivity (Wildman–Crippen MR) is 89.8 cm³/mol. The lowest BCUT2D eigenvalue weighted by atomic mass is 10.1. The van der Waals surface area contributed by atoms with Gasteiger partial charge in [-0.15, -0.1) is 0 Å². The first-order valence-electron chi connectivity index (χ1n) is 7.54. The van der Waals surface area contributed by atoms with Crippen LogP contribution in [0.4, 0.5) is 4.79 Å². The Balaban J connectivity index is 2.04. The number of imide groups is 1. The van der Waals surface area contributed by atoms with Crippen LogP contribution in [0.3, 0.4) is 0 Å². The van der Waals surface area contributed by atoms with Gasteiger partial charge in [-0.2, -0.15) is 0 Å². The molecule has 7 heteroatoms. The zero-order valence-corrected chi connectivity index (χ0v) is 13.6. The zero-order valence-electron chi connectivity index (χ0n) is 13.6. The Morgan fingerprint density at radius 3 is 2.36 bits per heavy atom. The molecule has 0 radical (unpaired) electrons. The topological polar surface area (TPSA) is 108 Å². The maximum absolute atomic E-state index is 12.3. The number of hydrogen-bond donors (Lipinski definition) is 2. The molecule has 2 aromatic rings. The lowest BCUT2D eigenvalue weighted by Gasteiger charge is -2.14. The zero-order chi connectivity index (χ0) is 18.2. The fraction of sp³-hybridized carbons (Fsp3) is 0.167. The van der Waals surface area contributed by atoms with Crippen molar-refractivity contribution in [3.8, 4) is 5.75 Å². The Morgan fingerprint density at radius 2 is 1.68 bits per heavy atom. The quantitative estimate of drug-likeness (QED) is 0.781. The molecule has 0 bridgehead atoms. The number of para-hydroxylation sites is 1. The first-order chi connectivity index (χ1) is 12.0. The Morgan fingerprint density at radius 1 is 1.04 bits per heavy atom. The Labute approximate surface area is 144 Å². The molecule has 0 spiro atoms. The highest BCUT2D eigenvalue weighted by molar-refractivity contribution is 5.98. The highest BCUT2D eigenvalue weighted by Gasteiger charge is 2.21. The van der Waals surface area contributed by atoms with E-state index in [4.69, 9.17) is 15.2 Å². The van der Waals surface area contributed by atoms with Crippen molar-refractivity contribution >= 4 is 17.9 Å². The van der Waals surface area contributed by atoms with E-state index in [2.05, 4.69) is 0 Å². The van der Waals surface area contributed by atoms with Gasteiger partial charge in [-0.1, -0.05) is 36.4 Å². The van der Waals surface area contributed by atoms with Crippen molar-refractivity contribution in [3.05, 3.63) is 65.7 Å². The van der Waals surface area contributed by atoms with E-state index in [0.29, 0.717) is 11.3 Å². The lowest BCUT2D eigenvalue weighted by molar-refractivity contribution is -0.127. The highest BCUT2D eigenvalue weighted by atomic mass is 16.5. The summed E-state index contributed by atoms with van der Waals surface area (Å²) in [7, 11) is 0. The second-order valence-corrected chi connectivity index (χ2v) is 5.16. The summed E-state index contributed by atoms with van der Waals surface area (Å²) in [6.45, 7) is 1.51. The molecule has 3 N–H and O–H groups in total. The van der Waals surface area contributed by atoms with Crippen LogP contribution in [0.15, 0.2) is 54.6 Å². The fourth-order valence-electron chi connectivity index (χ4n) is 2.02. The lowest BCUT2D eigenvalue weighted by Crippen LogP contribution is -2.42. The standard InChI is InChI=1S/C18H18N2O5/c1-12(16(21)20-18(19)23)25-17(22)15-10-6-5-7-13(15)11-24-14-8-3-2-4-9-14/h2-10,12H,11H2,1H3,(H3,19,20,21,23). The van der Waals surface area contributed by atoms with Crippen molar-refractivity contribution < 1.29 is 23.9 Å². The van der Waals surface area contributed by atoms with Crippen LogP contribution in [0, 0.1) is 0 Å². The van der Waals surface area contributed by atoms with Gasteiger partial charge in [-0.05, 0) is 25.1 Å². The average molecular weight is 342 g/mol. The molecule has 0 aliphatic rings. The van der Waals surface area contributed by atoms with Crippen LogP contribution in [-0.4, -0.2) is 24.0 Å². The minimum absolute atomic E-state index is 0.164. The van der Waals surface area contributed by atoms with Crippen LogP contribution in [0.25, 0.3) is 0 Å². The van der Waals surface area contributed by atoms with E-state index < -0.39 is 24.0 Å². The van der Waals surface area contributed by atoms with E-state index in [0.717, 1.165) is 0 Å². The van der Waals surface area contributed by atoms with E-state index >= 15 is 0 Å². The number of ether oxygens (including phenoxy) is 2. The first-order valence-corrected chi connectivity index (χ1v) is 7.54. The smallest absolute Gasteiger partial charge is 0.339 e. The summed E-state index contributed by atoms with van der Waals surface area (Å²) >= 11 is 0. The average Bonchev–Trinajstić information content (AvgIpc) is 2.60. The Hall–Kier alpha value is -3.35. The van der Waals surface area contributed by atoms with Gasteiger partial charge in [0.25, 0.3) is 5.91 Å². The van der Waals surface area contributed by atoms with Crippen molar-refractivity contribution in [1.29, 1.82) is 0 Å². The summed E-state index contributed by atoms with van der Waals surface area (Å²) in [5.74, 6) is -0.821. The third-order valence-corrected chi connectivity index (χ3v) is 3.27. The molecule has 0 saturated carbocycles. The van der Waals surface area contributed by atoms with Gasteiger partial charge in [0, 0.05) is 5.56 Å². The molecule has 1 unspecified atom stereocenters. The van der Waals surface area contributed by atoms with Gasteiger partial charge >= 0.3 is 12.0 Å². The van der Waals surface area contributed by atoms with Gasteiger partial charge in [0.15, 0.2) is 6.10 Å². The molecule has 0 heterocycles. The van der Waals surface area contributed by atoms with E-state index in [1.165, 1.54) is 6.92 Å². The molecular weight excluding hydrogens is 324 g/mol. The number of carbonyl (C=O) groups excluding carboxylic acids is 3. The Bertz CT molecular complexity index is 761. The number of nitrogens with two attached hydrogens (primary N) is 1. The van der Waals surface area contributed by atoms with Crippen molar-refractivity contribution in [2.24, 2.45) is 5.73 Å². The predicted octanol–water partition coefficient (Wildman–Crippen LogP) is 2.01. The number of amides is 3. The third-order valence-electron chi connectivity index (χ3n) is 3.27. The summed E-state index contributed by atoms with van der Waals surface area (Å²) < 4.78 is 10.7. The van der Waals surface area contributed by atoms with Crippen LogP contribution < -0.4 is 15.8 Å². The van der Waals surface area contributed by atoms with Crippen molar-refractivity contribution in [3.63, 3.8) is 0 Å². The molecule has 7 nitrogen and oxygen atoms in total. The molecule has 0 saturated heterocycles. The summed E-state index contributed by atoms with van der Waals surface area (Å²) in [5, 5.41) is 1.86. The number of esters is 1. The largest absolute Gasteiger partial charge is 0.489 e. The Kier molecular flexibility index (Phi) is 6.11. The van der Waals surface area contributed by atoms with Crippen LogP contribution in [0.2, 0.25) is 0 Å². The first kappa shape index (κ1) is 18.0. The molecule has 2 rings (SSSR count). The summed E-state index contributed by atoms with van der Waals surface area (Å²) in [5.41, 5.74) is 5.75. The number of nitrogens with one attached hydrogen (secondary N) is 1. The summed E-state index contributed by atoms with van der Waals surface area (Å²) in [6.07, 6.45) is -1.16. The number of benzene rings is 2. The number of carbonyl (C=O) groups is 3. The minimum Gasteiger partial charge on any atom is -0.489 e. The maximum Gasteiger partial charge on any atom is 0.339 e. The molecule has 130 valence electrons.